The molecule has 0 aliphatic rings. The second-order valence-electron chi connectivity index (χ2n) is 3.26. The first-order chi connectivity index (χ1) is 12.4. The number of carbonyl (C=O) groups excluding carboxylic acids is 4. The molecule has 0 radical (unpaired) electrons. The molecule has 0 unspecified atom stereocenters. The van der Waals surface area contributed by atoms with Gasteiger partial charge in [0.1, 0.15) is 5.84 Å². The Hall–Kier alpha value is -3.66. The van der Waals surface area contributed by atoms with Crippen LogP contribution in [0.3, 0.4) is 0 Å². The topological polar surface area (TPSA) is 297 Å². The van der Waals surface area contributed by atoms with Crippen LogP contribution in [0.2, 0.25) is 0 Å². The van der Waals surface area contributed by atoms with E-state index in [1.54, 1.807) is 6.92 Å². The lowest BCUT2D eigenvalue weighted by Crippen LogP contribution is -2.37. The molecule has 0 aliphatic carbocycles. The number of hydrogen-bond donors (Lipinski definition) is 8. The summed E-state index contributed by atoms with van der Waals surface area (Å²) in [6.07, 6.45) is 0. The van der Waals surface area contributed by atoms with Crippen molar-refractivity contribution in [3.8, 4) is 0 Å². The lowest BCUT2D eigenvalue weighted by atomic mass is 10.5. The van der Waals surface area contributed by atoms with Crippen LogP contribution in [-0.4, -0.2) is 64.9 Å². The quantitative estimate of drug-likeness (QED) is 0.0246. The Balaban J connectivity index is -0.0000000881. The number of carboxylic acid groups (broad SMARTS) is 1. The van der Waals surface area contributed by atoms with Gasteiger partial charge < -0.3 is 43.1 Å². The number of halogens is 1. The first-order valence-corrected chi connectivity index (χ1v) is 6.52. The van der Waals surface area contributed by atoms with Crippen LogP contribution in [0.25, 0.3) is 0 Å². The average molecular weight is 420 g/mol. The summed E-state index contributed by atoms with van der Waals surface area (Å²) in [6, 6.07) is 0. The van der Waals surface area contributed by atoms with Gasteiger partial charge in [-0.05, 0) is 18.5 Å². The summed E-state index contributed by atoms with van der Waals surface area (Å²) in [5, 5.41) is 25.3. The number of hydrazone groups is 1. The Bertz CT molecular complexity index is 529. The number of nitrogens with two attached hydrogens (primary N) is 4. The first kappa shape index (κ1) is 31.1. The zero-order valence-corrected chi connectivity index (χ0v) is 14.6. The highest BCUT2D eigenvalue weighted by atomic mass is 35.5. The zero-order chi connectivity index (χ0) is 22.4. The van der Waals surface area contributed by atoms with Gasteiger partial charge in [0, 0.05) is 1.43 Å². The largest absolute Gasteiger partial charge is 0.474 e. The average Bonchev–Trinajstić information content (AvgIpc) is 2.60. The summed E-state index contributed by atoms with van der Waals surface area (Å²) in [4.78, 5) is 51.4. The fourth-order valence-corrected chi connectivity index (χ4v) is 0.494. The van der Waals surface area contributed by atoms with E-state index in [9.17, 15) is 19.2 Å². The van der Waals surface area contributed by atoms with Crippen LogP contribution < -0.4 is 28.4 Å². The molecule has 0 spiro atoms. The highest BCUT2D eigenvalue weighted by Gasteiger charge is 2.09. The van der Waals surface area contributed by atoms with E-state index >= 15 is 0 Å². The molecule has 0 saturated carbocycles. The summed E-state index contributed by atoms with van der Waals surface area (Å²) >= 11 is 4.69. The predicted octanol–water partition coefficient (Wildman–Crippen LogP) is -3.55. The van der Waals surface area contributed by atoms with Gasteiger partial charge in [-0.2, -0.15) is 0 Å². The van der Waals surface area contributed by atoms with E-state index in [4.69, 9.17) is 49.4 Å². The van der Waals surface area contributed by atoms with E-state index in [1.165, 1.54) is 0 Å². The molecule has 17 heteroatoms. The van der Waals surface area contributed by atoms with Crippen molar-refractivity contribution >= 4 is 53.0 Å². The SMILES string of the molecule is CCOC(=O)C(=O)Cl.N=C(N)CNC(=O)C(=O)O.NN=C(N)N.O=COO.[HH]. The number of aliphatic carboxylic acids is 1. The normalized spacial score (nSPS) is 7.52. The van der Waals surface area contributed by atoms with Gasteiger partial charge in [-0.15, -0.1) is 5.10 Å². The molecule has 0 aromatic heterocycles. The van der Waals surface area contributed by atoms with Crippen LogP contribution in [0.5, 0.6) is 0 Å². The maximum absolute atomic E-state index is 10.2. The molecule has 0 atom stereocenters. The number of nitrogens with one attached hydrogen (secondary N) is 2. The van der Waals surface area contributed by atoms with Gasteiger partial charge in [-0.1, -0.05) is 0 Å². The van der Waals surface area contributed by atoms with Crippen molar-refractivity contribution in [1.82, 2.24) is 5.32 Å². The second-order valence-corrected chi connectivity index (χ2v) is 3.61. The highest BCUT2D eigenvalue weighted by molar-refractivity contribution is 6.80. The number of amidine groups is 1. The van der Waals surface area contributed by atoms with Gasteiger partial charge in [0.25, 0.3) is 0 Å². The number of carboxylic acids is 1. The monoisotopic (exact) mass is 419 g/mol. The number of amides is 1. The van der Waals surface area contributed by atoms with Crippen molar-refractivity contribution in [2.24, 2.45) is 28.1 Å². The molecule has 158 valence electrons. The van der Waals surface area contributed by atoms with E-state index in [-0.39, 0.29) is 32.8 Å². The summed E-state index contributed by atoms with van der Waals surface area (Å²) < 4.78 is 4.18. The molecule has 16 nitrogen and oxygen atoms in total. The van der Waals surface area contributed by atoms with Crippen molar-refractivity contribution < 1.29 is 45.4 Å². The smallest absolute Gasteiger partial charge is 0.394 e. The summed E-state index contributed by atoms with van der Waals surface area (Å²) in [5.74, 6) is 0.403. The van der Waals surface area contributed by atoms with Crippen LogP contribution in [-0.2, 0) is 33.6 Å². The predicted molar refractivity (Wildman–Crippen MR) is 91.9 cm³/mol. The summed E-state index contributed by atoms with van der Waals surface area (Å²) in [7, 11) is 0. The molecule has 0 bridgehead atoms. The maximum atomic E-state index is 10.2. The Morgan fingerprint density at radius 2 is 1.70 bits per heavy atom. The molecule has 1 amide bonds. The third-order valence-corrected chi connectivity index (χ3v) is 1.42. The number of hydrogen-bond acceptors (Lipinski definition) is 11. The van der Waals surface area contributed by atoms with Crippen molar-refractivity contribution in [2.45, 2.75) is 6.92 Å². The molecule has 0 aromatic carbocycles. The Kier molecular flexibility index (Phi) is 25.8. The molecule has 0 fully saturated rings. The maximum Gasteiger partial charge on any atom is 0.394 e. The molecule has 0 aliphatic heterocycles. The van der Waals surface area contributed by atoms with Crippen LogP contribution in [0.15, 0.2) is 5.10 Å². The molecule has 27 heavy (non-hydrogen) atoms. The van der Waals surface area contributed by atoms with Crippen LogP contribution >= 0.6 is 11.6 Å². The Labute approximate surface area is 158 Å². The minimum Gasteiger partial charge on any atom is -0.474 e. The van der Waals surface area contributed by atoms with E-state index in [2.05, 4.69) is 20.6 Å². The molecular formula is C10H22ClN7O9. The number of ether oxygens (including phenoxy) is 1. The van der Waals surface area contributed by atoms with Gasteiger partial charge in [-0.25, -0.2) is 14.8 Å². The van der Waals surface area contributed by atoms with Crippen LogP contribution in [0, 0.1) is 5.41 Å². The van der Waals surface area contributed by atoms with Crippen LogP contribution in [0.4, 0.5) is 0 Å². The fraction of sp³-hybridized carbons (Fsp3) is 0.300. The third-order valence-electron chi connectivity index (χ3n) is 1.26. The van der Waals surface area contributed by atoms with Crippen molar-refractivity contribution in [2.75, 3.05) is 13.2 Å². The fourth-order valence-electron chi connectivity index (χ4n) is 0.439. The minimum absolute atomic E-state index is 0. The summed E-state index contributed by atoms with van der Waals surface area (Å²) in [5.41, 5.74) is 14.2. The second kappa shape index (κ2) is 22.3. The van der Waals surface area contributed by atoms with E-state index in [0.29, 0.717) is 0 Å². The van der Waals surface area contributed by atoms with E-state index in [0.717, 1.165) is 0 Å². The summed E-state index contributed by atoms with van der Waals surface area (Å²) in [6.45, 7) is 1.47. The Morgan fingerprint density at radius 3 is 1.85 bits per heavy atom. The van der Waals surface area contributed by atoms with Gasteiger partial charge in [0.15, 0.2) is 0 Å². The molecular weight excluding hydrogens is 398 g/mol. The number of nitrogens with zero attached hydrogens (tertiary/aromatic N) is 1. The standard InChI is InChI=1S/C4H5ClO3.C4H7N3O3.CH6N4.CH2O3.H2/c1-2-8-4(7)3(5)6;5-2(6)1-7-3(8)4(9)10;2-1(3)5-4;2-1-4-3;/h2H2,1H3;1H2,(H3,5,6)(H,7,8)(H,9,10);4H2,(H4,2,3,5);1,3H;1H. The molecule has 0 heterocycles. The molecule has 12 N–H and O–H groups in total. The van der Waals surface area contributed by atoms with Crippen molar-refractivity contribution in [3.05, 3.63) is 0 Å². The van der Waals surface area contributed by atoms with Crippen molar-refractivity contribution in [3.63, 3.8) is 0 Å². The van der Waals surface area contributed by atoms with Gasteiger partial charge in [0.05, 0.1) is 13.2 Å². The minimum atomic E-state index is -1.58. The number of carbonyl (C=O) groups is 5. The molecule has 0 aromatic rings. The zero-order valence-electron chi connectivity index (χ0n) is 13.9. The number of guanidine groups is 1. The highest BCUT2D eigenvalue weighted by Crippen LogP contribution is 1.83. The van der Waals surface area contributed by atoms with Crippen molar-refractivity contribution in [1.29, 1.82) is 5.41 Å². The third kappa shape index (κ3) is 39.3. The number of esters is 1. The van der Waals surface area contributed by atoms with Crippen LogP contribution in [0.1, 0.15) is 8.35 Å². The lowest BCUT2D eigenvalue weighted by molar-refractivity contribution is -0.217. The van der Waals surface area contributed by atoms with Gasteiger partial charge in [0.2, 0.25) is 5.96 Å². The van der Waals surface area contributed by atoms with Gasteiger partial charge >= 0.3 is 29.6 Å². The molecule has 0 saturated heterocycles. The van der Waals surface area contributed by atoms with E-state index < -0.39 is 23.1 Å². The van der Waals surface area contributed by atoms with Gasteiger partial charge in [-0.3, -0.25) is 19.8 Å². The Morgan fingerprint density at radius 1 is 1.30 bits per heavy atom. The lowest BCUT2D eigenvalue weighted by Gasteiger charge is -1.97. The van der Waals surface area contributed by atoms with E-state index in [1.807, 2.05) is 5.32 Å². The number of rotatable bonds is 5. The first-order valence-electron chi connectivity index (χ1n) is 6.14. The molecule has 0 rings (SSSR count).